The zero-order valence-corrected chi connectivity index (χ0v) is 11.3. The molecule has 4 nitrogen and oxygen atoms in total. The van der Waals surface area contributed by atoms with Crippen LogP contribution in [0, 0.1) is 5.92 Å². The van der Waals surface area contributed by atoms with Gasteiger partial charge in [0.05, 0.1) is 6.10 Å². The number of amides is 1. The molecule has 1 atom stereocenters. The predicted octanol–water partition coefficient (Wildman–Crippen LogP) is 2.40. The molecule has 4 heteroatoms. The molecule has 1 unspecified atom stereocenters. The lowest BCUT2D eigenvalue weighted by Gasteiger charge is -2.12. The predicted molar refractivity (Wildman–Crippen MR) is 73.7 cm³/mol. The first-order valence-electron chi connectivity index (χ1n) is 6.30. The van der Waals surface area contributed by atoms with Gasteiger partial charge in [0.1, 0.15) is 5.75 Å². The Morgan fingerprint density at radius 2 is 1.89 bits per heavy atom. The van der Waals surface area contributed by atoms with Crippen molar-refractivity contribution in [3.63, 3.8) is 0 Å². The van der Waals surface area contributed by atoms with E-state index in [1.54, 1.807) is 0 Å². The van der Waals surface area contributed by atoms with Crippen LogP contribution in [-0.4, -0.2) is 18.6 Å². The minimum absolute atomic E-state index is 0.00187. The Kier molecular flexibility index (Phi) is 5.65. The molecule has 100 valence electrons. The van der Waals surface area contributed by atoms with E-state index in [9.17, 15) is 4.79 Å². The summed E-state index contributed by atoms with van der Waals surface area (Å²) < 4.78 is 5.53. The molecule has 0 aliphatic rings. The minimum Gasteiger partial charge on any atom is -0.491 e. The van der Waals surface area contributed by atoms with Gasteiger partial charge in [0, 0.05) is 11.6 Å². The van der Waals surface area contributed by atoms with E-state index in [1.165, 1.54) is 0 Å². The summed E-state index contributed by atoms with van der Waals surface area (Å²) >= 11 is 0. The van der Waals surface area contributed by atoms with Crippen LogP contribution in [0.5, 0.6) is 5.75 Å². The summed E-state index contributed by atoms with van der Waals surface area (Å²) in [5, 5.41) is 2.86. The molecule has 0 heterocycles. The lowest BCUT2D eigenvalue weighted by Crippen LogP contribution is -2.22. The minimum atomic E-state index is -0.0680. The van der Waals surface area contributed by atoms with E-state index in [2.05, 4.69) is 5.32 Å². The molecule has 3 N–H and O–H groups in total. The van der Waals surface area contributed by atoms with Crippen molar-refractivity contribution in [1.82, 2.24) is 0 Å². The Hall–Kier alpha value is -1.55. The van der Waals surface area contributed by atoms with Gasteiger partial charge in [-0.1, -0.05) is 6.92 Å². The fourth-order valence-corrected chi connectivity index (χ4v) is 1.54. The van der Waals surface area contributed by atoms with Gasteiger partial charge in [0.15, 0.2) is 0 Å². The second-order valence-electron chi connectivity index (χ2n) is 4.66. The molecule has 1 amide bonds. The first-order chi connectivity index (χ1) is 8.52. The number of carbonyl (C=O) groups excluding carboxylic acids is 1. The van der Waals surface area contributed by atoms with E-state index in [0.29, 0.717) is 13.0 Å². The highest BCUT2D eigenvalue weighted by atomic mass is 16.5. The third-order valence-corrected chi connectivity index (χ3v) is 2.54. The zero-order valence-electron chi connectivity index (χ0n) is 11.3. The van der Waals surface area contributed by atoms with E-state index in [1.807, 2.05) is 45.0 Å². The van der Waals surface area contributed by atoms with Gasteiger partial charge in [0.2, 0.25) is 5.91 Å². The maximum atomic E-state index is 11.8. The van der Waals surface area contributed by atoms with Crippen molar-refractivity contribution >= 4 is 11.6 Å². The zero-order chi connectivity index (χ0) is 13.5. The SMILES string of the molecule is CC(C)Oc1ccc(NC(=O)C(C)CCN)cc1. The number of ether oxygens (including phenoxy) is 1. The third kappa shape index (κ3) is 4.75. The van der Waals surface area contributed by atoms with Crippen LogP contribution >= 0.6 is 0 Å². The normalized spacial score (nSPS) is 12.3. The van der Waals surface area contributed by atoms with Crippen molar-refractivity contribution < 1.29 is 9.53 Å². The highest BCUT2D eigenvalue weighted by molar-refractivity contribution is 5.92. The van der Waals surface area contributed by atoms with Crippen LogP contribution in [0.4, 0.5) is 5.69 Å². The van der Waals surface area contributed by atoms with Crippen molar-refractivity contribution in [2.75, 3.05) is 11.9 Å². The number of hydrogen-bond donors (Lipinski definition) is 2. The molecular formula is C14H22N2O2. The van der Waals surface area contributed by atoms with Crippen LogP contribution < -0.4 is 15.8 Å². The number of rotatable bonds is 6. The van der Waals surface area contributed by atoms with Crippen LogP contribution in [0.15, 0.2) is 24.3 Å². The maximum Gasteiger partial charge on any atom is 0.227 e. The van der Waals surface area contributed by atoms with Crippen LogP contribution in [0.3, 0.4) is 0 Å². The molecule has 0 aliphatic carbocycles. The highest BCUT2D eigenvalue weighted by Gasteiger charge is 2.11. The number of nitrogens with two attached hydrogens (primary N) is 1. The Labute approximate surface area is 109 Å². The van der Waals surface area contributed by atoms with Crippen molar-refractivity contribution in [2.45, 2.75) is 33.3 Å². The molecule has 0 saturated carbocycles. The van der Waals surface area contributed by atoms with Gasteiger partial charge < -0.3 is 15.8 Å². The summed E-state index contributed by atoms with van der Waals surface area (Å²) in [6, 6.07) is 7.38. The molecule has 0 bridgehead atoms. The van der Waals surface area contributed by atoms with Crippen LogP contribution in [0.1, 0.15) is 27.2 Å². The van der Waals surface area contributed by atoms with Gasteiger partial charge >= 0.3 is 0 Å². The molecule has 0 fully saturated rings. The highest BCUT2D eigenvalue weighted by Crippen LogP contribution is 2.17. The molecular weight excluding hydrogens is 228 g/mol. The van der Waals surface area contributed by atoms with Gasteiger partial charge in [-0.3, -0.25) is 4.79 Å². The molecule has 0 spiro atoms. The smallest absolute Gasteiger partial charge is 0.227 e. The van der Waals surface area contributed by atoms with Crippen LogP contribution in [0.2, 0.25) is 0 Å². The lowest BCUT2D eigenvalue weighted by molar-refractivity contribution is -0.119. The van der Waals surface area contributed by atoms with Crippen molar-refractivity contribution in [3.8, 4) is 5.75 Å². The molecule has 1 aromatic rings. The number of carbonyl (C=O) groups is 1. The van der Waals surface area contributed by atoms with Gasteiger partial charge in [-0.25, -0.2) is 0 Å². The largest absolute Gasteiger partial charge is 0.491 e. The molecule has 0 saturated heterocycles. The molecule has 18 heavy (non-hydrogen) atoms. The van der Waals surface area contributed by atoms with Crippen LogP contribution in [0.25, 0.3) is 0 Å². The summed E-state index contributed by atoms with van der Waals surface area (Å²) in [5.74, 6) is 0.734. The second-order valence-corrected chi connectivity index (χ2v) is 4.66. The van der Waals surface area contributed by atoms with E-state index in [0.717, 1.165) is 11.4 Å². The molecule has 0 aliphatic heterocycles. The van der Waals surface area contributed by atoms with Gasteiger partial charge in [-0.05, 0) is 51.1 Å². The molecule has 1 rings (SSSR count). The van der Waals surface area contributed by atoms with E-state index in [4.69, 9.17) is 10.5 Å². The summed E-state index contributed by atoms with van der Waals surface area (Å²) in [6.07, 6.45) is 0.843. The third-order valence-electron chi connectivity index (χ3n) is 2.54. The lowest BCUT2D eigenvalue weighted by atomic mass is 10.1. The van der Waals surface area contributed by atoms with Gasteiger partial charge in [0.25, 0.3) is 0 Å². The molecule has 0 radical (unpaired) electrons. The number of anilines is 1. The average Bonchev–Trinajstić information content (AvgIpc) is 2.31. The van der Waals surface area contributed by atoms with Crippen molar-refractivity contribution in [1.29, 1.82) is 0 Å². The summed E-state index contributed by atoms with van der Waals surface area (Å²) in [7, 11) is 0. The van der Waals surface area contributed by atoms with E-state index >= 15 is 0 Å². The molecule has 0 aromatic heterocycles. The van der Waals surface area contributed by atoms with Crippen molar-refractivity contribution in [3.05, 3.63) is 24.3 Å². The number of nitrogens with one attached hydrogen (secondary N) is 1. The first kappa shape index (κ1) is 14.5. The molecule has 1 aromatic carbocycles. The fourth-order valence-electron chi connectivity index (χ4n) is 1.54. The number of benzene rings is 1. The monoisotopic (exact) mass is 250 g/mol. The quantitative estimate of drug-likeness (QED) is 0.814. The van der Waals surface area contributed by atoms with Crippen molar-refractivity contribution in [2.24, 2.45) is 11.7 Å². The Balaban J connectivity index is 2.55. The maximum absolute atomic E-state index is 11.8. The van der Waals surface area contributed by atoms with Crippen LogP contribution in [-0.2, 0) is 4.79 Å². The number of hydrogen-bond acceptors (Lipinski definition) is 3. The summed E-state index contributed by atoms with van der Waals surface area (Å²) in [5.41, 5.74) is 6.21. The fraction of sp³-hybridized carbons (Fsp3) is 0.500. The summed E-state index contributed by atoms with van der Waals surface area (Å²) in [6.45, 7) is 6.35. The van der Waals surface area contributed by atoms with E-state index in [-0.39, 0.29) is 17.9 Å². The Bertz CT molecular complexity index is 374. The summed E-state index contributed by atoms with van der Waals surface area (Å²) in [4.78, 5) is 11.8. The topological polar surface area (TPSA) is 64.3 Å². The van der Waals surface area contributed by atoms with Gasteiger partial charge in [-0.15, -0.1) is 0 Å². The van der Waals surface area contributed by atoms with E-state index < -0.39 is 0 Å². The second kappa shape index (κ2) is 7.01. The first-order valence-corrected chi connectivity index (χ1v) is 6.30. The Morgan fingerprint density at radius 3 is 2.39 bits per heavy atom. The van der Waals surface area contributed by atoms with Gasteiger partial charge in [-0.2, -0.15) is 0 Å². The average molecular weight is 250 g/mol. The standard InChI is InChI=1S/C14H22N2O2/c1-10(2)18-13-6-4-12(5-7-13)16-14(17)11(3)8-9-15/h4-7,10-11H,8-9,15H2,1-3H3,(H,16,17). The Morgan fingerprint density at radius 1 is 1.28 bits per heavy atom.